The lowest BCUT2D eigenvalue weighted by atomic mass is 9.55. The zero-order valence-corrected chi connectivity index (χ0v) is 22.3. The Kier molecular flexibility index (Phi) is 7.74. The number of likely N-dealkylation sites (N-methyl/N-ethyl adjacent to an activating group) is 1. The van der Waals surface area contributed by atoms with Crippen molar-refractivity contribution < 1.29 is 19.1 Å². The minimum absolute atomic E-state index is 0.0402. The molecular formula is C30H40N2O4. The van der Waals surface area contributed by atoms with E-state index in [1.54, 1.807) is 7.11 Å². The molecule has 1 heterocycles. The van der Waals surface area contributed by atoms with Gasteiger partial charge in [0.25, 0.3) is 5.91 Å². The van der Waals surface area contributed by atoms with Gasteiger partial charge in [0, 0.05) is 37.0 Å². The predicted octanol–water partition coefficient (Wildman–Crippen LogP) is 4.92. The summed E-state index contributed by atoms with van der Waals surface area (Å²) in [4.78, 5) is 30.6. The molecule has 4 rings (SSSR count). The minimum Gasteiger partial charge on any atom is -0.497 e. The van der Waals surface area contributed by atoms with Crippen LogP contribution >= 0.6 is 0 Å². The van der Waals surface area contributed by atoms with Gasteiger partial charge in [0.1, 0.15) is 11.4 Å². The summed E-state index contributed by atoms with van der Waals surface area (Å²) in [6.45, 7) is 8.08. The number of likely N-dealkylation sites (tertiary alicyclic amines) is 1. The number of benzene rings is 2. The molecule has 0 bridgehead atoms. The van der Waals surface area contributed by atoms with Gasteiger partial charge in [-0.15, -0.1) is 0 Å². The Hall–Kier alpha value is -2.86. The van der Waals surface area contributed by atoms with Crippen LogP contribution in [0.25, 0.3) is 0 Å². The van der Waals surface area contributed by atoms with E-state index in [1.165, 1.54) is 6.92 Å². The molecule has 0 spiro atoms. The lowest BCUT2D eigenvalue weighted by Gasteiger charge is -2.60. The Balaban J connectivity index is 1.81. The summed E-state index contributed by atoms with van der Waals surface area (Å²) in [5, 5.41) is 0. The van der Waals surface area contributed by atoms with Crippen molar-refractivity contribution in [1.82, 2.24) is 9.80 Å². The van der Waals surface area contributed by atoms with Gasteiger partial charge in [-0.2, -0.15) is 0 Å². The van der Waals surface area contributed by atoms with E-state index < -0.39 is 11.0 Å². The van der Waals surface area contributed by atoms with Crippen molar-refractivity contribution in [3.8, 4) is 5.75 Å². The third-order valence-electron chi connectivity index (χ3n) is 8.03. The van der Waals surface area contributed by atoms with E-state index in [0.717, 1.165) is 37.1 Å². The highest BCUT2D eigenvalue weighted by Crippen LogP contribution is 2.54. The largest absolute Gasteiger partial charge is 0.497 e. The molecule has 2 aromatic carbocycles. The van der Waals surface area contributed by atoms with Gasteiger partial charge in [-0.3, -0.25) is 9.59 Å². The number of nitrogens with zero attached hydrogens (tertiary/aromatic N) is 2. The van der Waals surface area contributed by atoms with Crippen molar-refractivity contribution in [1.29, 1.82) is 0 Å². The first-order chi connectivity index (χ1) is 17.2. The summed E-state index contributed by atoms with van der Waals surface area (Å²) in [7, 11) is 3.77. The van der Waals surface area contributed by atoms with Crippen molar-refractivity contribution in [2.75, 3.05) is 33.8 Å². The Morgan fingerprint density at radius 3 is 2.53 bits per heavy atom. The molecule has 1 saturated carbocycles. The van der Waals surface area contributed by atoms with Crippen LogP contribution < -0.4 is 4.74 Å². The summed E-state index contributed by atoms with van der Waals surface area (Å²) in [6.07, 6.45) is 3.08. The second-order valence-corrected chi connectivity index (χ2v) is 11.0. The van der Waals surface area contributed by atoms with Crippen molar-refractivity contribution in [3.05, 3.63) is 65.7 Å². The van der Waals surface area contributed by atoms with Crippen LogP contribution in [0, 0.1) is 5.92 Å². The van der Waals surface area contributed by atoms with Crippen LogP contribution in [0.1, 0.15) is 62.4 Å². The van der Waals surface area contributed by atoms with Gasteiger partial charge < -0.3 is 19.3 Å². The van der Waals surface area contributed by atoms with Crippen molar-refractivity contribution in [2.45, 2.75) is 63.5 Å². The molecule has 194 valence electrons. The maximum absolute atomic E-state index is 13.8. The Morgan fingerprint density at radius 2 is 1.86 bits per heavy atom. The maximum Gasteiger partial charge on any atom is 0.303 e. The average molecular weight is 493 g/mol. The zero-order valence-electron chi connectivity index (χ0n) is 22.3. The maximum atomic E-state index is 13.8. The van der Waals surface area contributed by atoms with Gasteiger partial charge in [-0.25, -0.2) is 0 Å². The van der Waals surface area contributed by atoms with Gasteiger partial charge in [0.2, 0.25) is 0 Å². The van der Waals surface area contributed by atoms with Crippen LogP contribution in [0.15, 0.2) is 54.6 Å². The highest BCUT2D eigenvalue weighted by molar-refractivity contribution is 5.94. The fraction of sp³-hybridized carbons (Fsp3) is 0.533. The molecule has 2 aromatic rings. The monoisotopic (exact) mass is 492 g/mol. The molecule has 0 radical (unpaired) electrons. The number of piperidine rings is 1. The summed E-state index contributed by atoms with van der Waals surface area (Å²) in [5.74, 6) is 0.945. The van der Waals surface area contributed by atoms with Gasteiger partial charge in [0.05, 0.1) is 7.11 Å². The van der Waals surface area contributed by atoms with E-state index in [9.17, 15) is 9.59 Å². The number of esters is 1. The Bertz CT molecular complexity index is 1070. The number of ether oxygens (including phenoxy) is 2. The molecule has 1 aliphatic heterocycles. The first-order valence-electron chi connectivity index (χ1n) is 13.1. The molecule has 3 atom stereocenters. The van der Waals surface area contributed by atoms with Gasteiger partial charge in [-0.1, -0.05) is 44.2 Å². The molecule has 6 nitrogen and oxygen atoms in total. The number of amides is 1. The molecule has 0 aromatic heterocycles. The molecular weight excluding hydrogens is 452 g/mol. The van der Waals surface area contributed by atoms with Gasteiger partial charge in [-0.05, 0) is 75.0 Å². The van der Waals surface area contributed by atoms with Crippen LogP contribution in [0.3, 0.4) is 0 Å². The number of carbonyl (C=O) groups excluding carboxylic acids is 2. The van der Waals surface area contributed by atoms with Gasteiger partial charge in [0.15, 0.2) is 0 Å². The number of carbonyl (C=O) groups is 2. The molecule has 2 aliphatic rings. The Labute approximate surface area is 215 Å². The van der Waals surface area contributed by atoms with E-state index in [4.69, 9.17) is 9.47 Å². The topological polar surface area (TPSA) is 59.1 Å². The van der Waals surface area contributed by atoms with Crippen LogP contribution in [0.2, 0.25) is 0 Å². The SMILES string of the molecule is COc1cccc(C23CCN(C)CC2(OC(C)=O)CC[C@H](N(CC(C)C)C(=O)c2ccccc2)C3)c1. The first kappa shape index (κ1) is 26.2. The molecule has 36 heavy (non-hydrogen) atoms. The second-order valence-electron chi connectivity index (χ2n) is 11.0. The third-order valence-corrected chi connectivity index (χ3v) is 8.03. The molecule has 0 N–H and O–H groups in total. The summed E-state index contributed by atoms with van der Waals surface area (Å²) < 4.78 is 11.9. The minimum atomic E-state index is -0.659. The van der Waals surface area contributed by atoms with Crippen LogP contribution in [-0.2, 0) is 14.9 Å². The van der Waals surface area contributed by atoms with E-state index in [0.29, 0.717) is 31.0 Å². The van der Waals surface area contributed by atoms with E-state index >= 15 is 0 Å². The third kappa shape index (κ3) is 5.01. The van der Waals surface area contributed by atoms with Crippen molar-refractivity contribution in [3.63, 3.8) is 0 Å². The van der Waals surface area contributed by atoms with E-state index in [2.05, 4.69) is 42.8 Å². The van der Waals surface area contributed by atoms with Crippen LogP contribution in [0.4, 0.5) is 0 Å². The molecule has 2 unspecified atom stereocenters. The summed E-state index contributed by atoms with van der Waals surface area (Å²) in [5.41, 5.74) is 0.759. The van der Waals surface area contributed by atoms with Crippen molar-refractivity contribution >= 4 is 11.9 Å². The smallest absolute Gasteiger partial charge is 0.303 e. The molecule has 2 fully saturated rings. The lowest BCUT2D eigenvalue weighted by molar-refractivity contribution is -0.187. The predicted molar refractivity (Wildman–Crippen MR) is 141 cm³/mol. The van der Waals surface area contributed by atoms with E-state index in [-0.39, 0.29) is 17.9 Å². The summed E-state index contributed by atoms with van der Waals surface area (Å²) >= 11 is 0. The highest BCUT2D eigenvalue weighted by atomic mass is 16.6. The van der Waals surface area contributed by atoms with Crippen LogP contribution in [0.5, 0.6) is 5.75 Å². The Morgan fingerprint density at radius 1 is 1.11 bits per heavy atom. The summed E-state index contributed by atoms with van der Waals surface area (Å²) in [6, 6.07) is 17.8. The number of rotatable bonds is 7. The zero-order chi connectivity index (χ0) is 25.9. The number of hydrogen-bond acceptors (Lipinski definition) is 5. The number of hydrogen-bond donors (Lipinski definition) is 0. The highest BCUT2D eigenvalue weighted by Gasteiger charge is 2.61. The molecule has 1 saturated heterocycles. The van der Waals surface area contributed by atoms with Crippen LogP contribution in [-0.4, -0.2) is 67.1 Å². The normalized spacial score (nSPS) is 26.2. The van der Waals surface area contributed by atoms with Crippen molar-refractivity contribution in [2.24, 2.45) is 5.92 Å². The molecule has 1 amide bonds. The number of fused-ring (bicyclic) bond motifs is 1. The fourth-order valence-electron chi connectivity index (χ4n) is 6.49. The van der Waals surface area contributed by atoms with Gasteiger partial charge >= 0.3 is 5.97 Å². The lowest BCUT2D eigenvalue weighted by Crippen LogP contribution is -2.68. The van der Waals surface area contributed by atoms with E-state index in [1.807, 2.05) is 42.5 Å². The average Bonchev–Trinajstić information content (AvgIpc) is 2.86. The molecule has 6 heteroatoms. The standard InChI is InChI=1S/C30H40N2O4/c1-22(2)20-32(28(34)24-10-7-6-8-11-24)26-14-15-30(36-23(3)33)21-31(4)17-16-29(30,19-26)25-12-9-13-27(18-25)35-5/h6-13,18,22,26H,14-17,19-21H2,1-5H3/t26-,29?,30?/m0/s1. The molecule has 1 aliphatic carbocycles. The first-order valence-corrected chi connectivity index (χ1v) is 13.1. The second kappa shape index (κ2) is 10.6. The quantitative estimate of drug-likeness (QED) is 0.514. The number of methoxy groups -OCH3 is 1. The fourth-order valence-corrected chi connectivity index (χ4v) is 6.49.